The maximum absolute atomic E-state index is 12.6. The molecule has 0 heterocycles. The van der Waals surface area contributed by atoms with Crippen LogP contribution in [0.25, 0.3) is 0 Å². The third-order valence-corrected chi connectivity index (χ3v) is 4.80. The zero-order valence-corrected chi connectivity index (χ0v) is 13.6. The zero-order valence-electron chi connectivity index (χ0n) is 13.6. The van der Waals surface area contributed by atoms with E-state index in [1.165, 1.54) is 6.42 Å². The van der Waals surface area contributed by atoms with Crippen molar-refractivity contribution in [2.75, 3.05) is 7.11 Å². The Morgan fingerprint density at radius 2 is 2.00 bits per heavy atom. The van der Waals surface area contributed by atoms with Crippen LogP contribution in [0.2, 0.25) is 0 Å². The van der Waals surface area contributed by atoms with Crippen LogP contribution in [0.15, 0.2) is 24.3 Å². The molecular formula is C18H27NO2. The predicted molar refractivity (Wildman–Crippen MR) is 85.1 cm³/mol. The van der Waals surface area contributed by atoms with Crippen molar-refractivity contribution in [2.45, 2.75) is 46.6 Å². The largest absolute Gasteiger partial charge is 0.497 e. The fourth-order valence-electron chi connectivity index (χ4n) is 3.63. The first-order chi connectivity index (χ1) is 9.94. The van der Waals surface area contributed by atoms with Gasteiger partial charge in [0.05, 0.1) is 7.11 Å². The molecule has 1 saturated carbocycles. The van der Waals surface area contributed by atoms with Gasteiger partial charge in [-0.05, 0) is 41.9 Å². The van der Waals surface area contributed by atoms with Crippen molar-refractivity contribution in [3.05, 3.63) is 29.8 Å². The fourth-order valence-corrected chi connectivity index (χ4v) is 3.63. The molecule has 1 aromatic carbocycles. The third kappa shape index (κ3) is 3.78. The molecule has 1 N–H and O–H groups in total. The Bertz CT molecular complexity index is 478. The summed E-state index contributed by atoms with van der Waals surface area (Å²) in [4.78, 5) is 12.6. The van der Waals surface area contributed by atoms with Crippen LogP contribution in [0.1, 0.15) is 45.6 Å². The highest BCUT2D eigenvalue weighted by Gasteiger charge is 2.41. The number of benzene rings is 1. The molecule has 0 unspecified atom stereocenters. The summed E-state index contributed by atoms with van der Waals surface area (Å²) in [5.41, 5.74) is 1.20. The van der Waals surface area contributed by atoms with Crippen molar-refractivity contribution in [1.29, 1.82) is 0 Å². The van der Waals surface area contributed by atoms with Crippen LogP contribution >= 0.6 is 0 Å². The molecule has 3 heteroatoms. The molecule has 0 bridgehead atoms. The monoisotopic (exact) mass is 289 g/mol. The highest BCUT2D eigenvalue weighted by Crippen LogP contribution is 2.43. The minimum Gasteiger partial charge on any atom is -0.497 e. The molecule has 0 aliphatic heterocycles. The summed E-state index contributed by atoms with van der Waals surface area (Å²) >= 11 is 0. The standard InChI is InChI=1S/C18H27NO2/c1-13-6-5-11-18(2,3)16(13)17(20)19-12-14-7-9-15(21-4)10-8-14/h7-10,13,16H,5-6,11-12H2,1-4H3,(H,19,20)/t13-,16-/m0/s1. The Labute approximate surface area is 128 Å². The van der Waals surface area contributed by atoms with Crippen LogP contribution in [0.4, 0.5) is 0 Å². The summed E-state index contributed by atoms with van der Waals surface area (Å²) in [5.74, 6) is 1.62. The van der Waals surface area contributed by atoms with Crippen LogP contribution in [-0.2, 0) is 11.3 Å². The van der Waals surface area contributed by atoms with Crippen molar-refractivity contribution in [3.63, 3.8) is 0 Å². The van der Waals surface area contributed by atoms with Crippen LogP contribution in [-0.4, -0.2) is 13.0 Å². The fraction of sp³-hybridized carbons (Fsp3) is 0.611. The van der Waals surface area contributed by atoms with Crippen molar-refractivity contribution in [3.8, 4) is 5.75 Å². The Morgan fingerprint density at radius 3 is 2.57 bits per heavy atom. The zero-order chi connectivity index (χ0) is 15.5. The Morgan fingerprint density at radius 1 is 1.33 bits per heavy atom. The molecule has 1 fully saturated rings. The molecule has 0 saturated heterocycles. The van der Waals surface area contributed by atoms with Gasteiger partial charge in [0.2, 0.25) is 5.91 Å². The Hall–Kier alpha value is -1.51. The first-order valence-electron chi connectivity index (χ1n) is 7.84. The van der Waals surface area contributed by atoms with Gasteiger partial charge in [-0.15, -0.1) is 0 Å². The number of hydrogen-bond acceptors (Lipinski definition) is 2. The molecule has 0 spiro atoms. The summed E-state index contributed by atoms with van der Waals surface area (Å²) in [5, 5.41) is 3.11. The van der Waals surface area contributed by atoms with Crippen molar-refractivity contribution in [2.24, 2.45) is 17.3 Å². The summed E-state index contributed by atoms with van der Waals surface area (Å²) in [6.45, 7) is 7.24. The molecule has 1 aliphatic carbocycles. The van der Waals surface area contributed by atoms with E-state index in [9.17, 15) is 4.79 Å². The summed E-state index contributed by atoms with van der Waals surface area (Å²) in [6, 6.07) is 7.84. The number of nitrogens with one attached hydrogen (secondary N) is 1. The third-order valence-electron chi connectivity index (χ3n) is 4.80. The SMILES string of the molecule is COc1ccc(CNC(=O)[C@@H]2[C@@H](C)CCCC2(C)C)cc1. The minimum absolute atomic E-state index is 0.0989. The van der Waals surface area contributed by atoms with E-state index in [2.05, 4.69) is 26.1 Å². The van der Waals surface area contributed by atoms with Gasteiger partial charge in [-0.3, -0.25) is 4.79 Å². The first kappa shape index (κ1) is 15.9. The lowest BCUT2D eigenvalue weighted by atomic mass is 9.64. The summed E-state index contributed by atoms with van der Waals surface area (Å²) in [6.07, 6.45) is 3.53. The van der Waals surface area contributed by atoms with Gasteiger partial charge in [-0.1, -0.05) is 39.3 Å². The van der Waals surface area contributed by atoms with Crippen molar-refractivity contribution < 1.29 is 9.53 Å². The second-order valence-corrected chi connectivity index (χ2v) is 6.90. The Kier molecular flexibility index (Phi) is 4.92. The number of hydrogen-bond donors (Lipinski definition) is 1. The van der Waals surface area contributed by atoms with Crippen LogP contribution in [0.3, 0.4) is 0 Å². The van der Waals surface area contributed by atoms with E-state index in [4.69, 9.17) is 4.74 Å². The maximum atomic E-state index is 12.6. The molecule has 1 aliphatic rings. The summed E-state index contributed by atoms with van der Waals surface area (Å²) in [7, 11) is 1.66. The minimum atomic E-state index is 0.0989. The predicted octanol–water partition coefficient (Wildman–Crippen LogP) is 3.77. The van der Waals surface area contributed by atoms with E-state index in [-0.39, 0.29) is 17.2 Å². The number of rotatable bonds is 4. The lowest BCUT2D eigenvalue weighted by molar-refractivity contribution is -0.133. The van der Waals surface area contributed by atoms with Crippen LogP contribution < -0.4 is 10.1 Å². The van der Waals surface area contributed by atoms with Gasteiger partial charge in [0.1, 0.15) is 5.75 Å². The van der Waals surface area contributed by atoms with Gasteiger partial charge in [0.15, 0.2) is 0 Å². The van der Waals surface area contributed by atoms with E-state index < -0.39 is 0 Å². The average molecular weight is 289 g/mol. The molecule has 1 amide bonds. The van der Waals surface area contributed by atoms with Gasteiger partial charge in [0, 0.05) is 12.5 Å². The van der Waals surface area contributed by atoms with Crippen LogP contribution in [0, 0.1) is 17.3 Å². The van der Waals surface area contributed by atoms with E-state index in [0.717, 1.165) is 24.2 Å². The van der Waals surface area contributed by atoms with E-state index in [1.807, 2.05) is 24.3 Å². The van der Waals surface area contributed by atoms with Crippen LogP contribution in [0.5, 0.6) is 5.75 Å². The number of ether oxygens (including phenoxy) is 1. The molecule has 1 aromatic rings. The van der Waals surface area contributed by atoms with E-state index >= 15 is 0 Å². The van der Waals surface area contributed by atoms with E-state index in [1.54, 1.807) is 7.11 Å². The smallest absolute Gasteiger partial charge is 0.224 e. The molecule has 21 heavy (non-hydrogen) atoms. The maximum Gasteiger partial charge on any atom is 0.224 e. The number of carbonyl (C=O) groups excluding carboxylic acids is 1. The molecule has 2 atom stereocenters. The average Bonchev–Trinajstić information content (AvgIpc) is 2.44. The quantitative estimate of drug-likeness (QED) is 0.916. The van der Waals surface area contributed by atoms with Crippen molar-refractivity contribution >= 4 is 5.91 Å². The lowest BCUT2D eigenvalue weighted by Crippen LogP contribution is -2.44. The summed E-state index contributed by atoms with van der Waals surface area (Å²) < 4.78 is 5.14. The second kappa shape index (κ2) is 6.50. The molecular weight excluding hydrogens is 262 g/mol. The van der Waals surface area contributed by atoms with Gasteiger partial charge in [0.25, 0.3) is 0 Å². The first-order valence-corrected chi connectivity index (χ1v) is 7.84. The van der Waals surface area contributed by atoms with Crippen molar-refractivity contribution in [1.82, 2.24) is 5.32 Å². The molecule has 3 nitrogen and oxygen atoms in total. The van der Waals surface area contributed by atoms with Gasteiger partial charge in [-0.2, -0.15) is 0 Å². The molecule has 0 aromatic heterocycles. The van der Waals surface area contributed by atoms with Gasteiger partial charge >= 0.3 is 0 Å². The second-order valence-electron chi connectivity index (χ2n) is 6.90. The highest BCUT2D eigenvalue weighted by atomic mass is 16.5. The van der Waals surface area contributed by atoms with Gasteiger partial charge in [-0.25, -0.2) is 0 Å². The Balaban J connectivity index is 1.96. The normalized spacial score (nSPS) is 24.4. The molecule has 2 rings (SSSR count). The topological polar surface area (TPSA) is 38.3 Å². The number of carbonyl (C=O) groups is 1. The molecule has 116 valence electrons. The highest BCUT2D eigenvalue weighted by molar-refractivity contribution is 5.79. The lowest BCUT2D eigenvalue weighted by Gasteiger charge is -2.41. The van der Waals surface area contributed by atoms with Gasteiger partial charge < -0.3 is 10.1 Å². The van der Waals surface area contributed by atoms with E-state index in [0.29, 0.717) is 12.5 Å². The number of amides is 1. The molecule has 0 radical (unpaired) electrons. The number of methoxy groups -OCH3 is 1.